The molecule has 0 saturated heterocycles. The molecule has 0 bridgehead atoms. The molecule has 0 aromatic carbocycles. The van der Waals surface area contributed by atoms with Crippen molar-refractivity contribution in [2.24, 2.45) is 46.3 Å². The Hall–Kier alpha value is -0.820. The minimum absolute atomic E-state index is 0.0117. The van der Waals surface area contributed by atoms with Gasteiger partial charge in [-0.15, -0.1) is 0 Å². The largest absolute Gasteiger partial charge is 0.397 e. The molecule has 4 aliphatic rings. The summed E-state index contributed by atoms with van der Waals surface area (Å²) in [6, 6.07) is 0. The van der Waals surface area contributed by atoms with Crippen LogP contribution >= 0.6 is 0 Å². The Morgan fingerprint density at radius 1 is 1.08 bits per heavy atom. The second-order valence-electron chi connectivity index (χ2n) is 13.0. The zero-order valence-electron chi connectivity index (χ0n) is 22.8. The van der Waals surface area contributed by atoms with Crippen molar-refractivity contribution in [2.75, 3.05) is 6.61 Å². The topological polar surface area (TPSA) is 147 Å². The van der Waals surface area contributed by atoms with Crippen LogP contribution < -0.4 is 0 Å². The van der Waals surface area contributed by atoms with Crippen molar-refractivity contribution in [1.82, 2.24) is 0 Å². The van der Waals surface area contributed by atoms with Gasteiger partial charge in [0.15, 0.2) is 0 Å². The molecule has 11 heteroatoms. The summed E-state index contributed by atoms with van der Waals surface area (Å²) < 4.78 is 73.5. The van der Waals surface area contributed by atoms with Crippen LogP contribution in [0.4, 0.5) is 0 Å². The number of fused-ring (bicyclic) bond motifs is 5. The van der Waals surface area contributed by atoms with E-state index in [-0.39, 0.29) is 35.7 Å². The molecule has 9 atom stereocenters. The Morgan fingerprint density at radius 2 is 1.79 bits per heavy atom. The van der Waals surface area contributed by atoms with Gasteiger partial charge in [-0.2, -0.15) is 16.8 Å². The van der Waals surface area contributed by atoms with Crippen molar-refractivity contribution in [1.29, 1.82) is 0 Å². The monoisotopic (exact) mass is 576 g/mol. The molecule has 3 saturated carbocycles. The van der Waals surface area contributed by atoms with Crippen molar-refractivity contribution >= 4 is 20.8 Å². The van der Waals surface area contributed by atoms with Gasteiger partial charge in [-0.05, 0) is 91.8 Å². The third kappa shape index (κ3) is 6.24. The van der Waals surface area contributed by atoms with Gasteiger partial charge in [0.2, 0.25) is 0 Å². The molecule has 3 N–H and O–H groups in total. The number of aliphatic hydroxyl groups is 1. The van der Waals surface area contributed by atoms with Gasteiger partial charge in [0.25, 0.3) is 0 Å². The molecule has 218 valence electrons. The highest BCUT2D eigenvalue weighted by molar-refractivity contribution is 7.81. The first kappa shape index (κ1) is 30.1. The van der Waals surface area contributed by atoms with Gasteiger partial charge >= 0.3 is 20.8 Å². The molecule has 0 aromatic rings. The van der Waals surface area contributed by atoms with Crippen LogP contribution in [0.25, 0.3) is 0 Å². The summed E-state index contributed by atoms with van der Waals surface area (Å²) in [7, 11) is -9.18. The Bertz CT molecular complexity index is 1150. The fraction of sp³-hybridized carbons (Fsp3) is 0.852. The molecule has 3 fully saturated rings. The number of hydrogen-bond donors (Lipinski definition) is 3. The first-order chi connectivity index (χ1) is 17.5. The van der Waals surface area contributed by atoms with Crippen LogP contribution in [0, 0.1) is 46.3 Å². The number of allylic oxidation sites excluding steroid dienone is 2. The maximum absolute atomic E-state index is 11.4. The fourth-order valence-corrected chi connectivity index (χ4v) is 9.51. The lowest BCUT2D eigenvalue weighted by molar-refractivity contribution is -0.0843. The maximum Gasteiger partial charge on any atom is 0.397 e. The standard InChI is InChI=1S/C27H44O9S2/c1-17(2)6-5-7-18(16-35-37(29,30)31)21-10-11-22-20-9-8-19-14-25(36-38(32,33)34)24(28)15-27(19,4)23(20)12-13-26(21,22)3/h5,7-8,17-18,20-25,28H,6,9-16H2,1-4H3,(H,29,30,31)(H,32,33,34)/b7-5+/t18-,20-,21+,22-,23-,24-,25-,26+,27-/m0/s1. The molecule has 0 spiro atoms. The third-order valence-corrected chi connectivity index (χ3v) is 11.3. The van der Waals surface area contributed by atoms with E-state index in [2.05, 4.69) is 45.9 Å². The van der Waals surface area contributed by atoms with Crippen LogP contribution in [0.5, 0.6) is 0 Å². The lowest BCUT2D eigenvalue weighted by atomic mass is 9.46. The van der Waals surface area contributed by atoms with Crippen molar-refractivity contribution in [3.05, 3.63) is 23.8 Å². The summed E-state index contributed by atoms with van der Waals surface area (Å²) in [5.74, 6) is 1.75. The van der Waals surface area contributed by atoms with Crippen LogP contribution in [0.1, 0.15) is 79.1 Å². The van der Waals surface area contributed by atoms with E-state index in [9.17, 15) is 26.5 Å². The summed E-state index contributed by atoms with van der Waals surface area (Å²) in [6.07, 6.45) is 10.7. The van der Waals surface area contributed by atoms with Crippen molar-refractivity contribution in [2.45, 2.75) is 91.3 Å². The highest BCUT2D eigenvalue weighted by Crippen LogP contribution is 2.67. The van der Waals surface area contributed by atoms with E-state index in [1.54, 1.807) is 0 Å². The zero-order valence-corrected chi connectivity index (χ0v) is 24.5. The second-order valence-corrected chi connectivity index (χ2v) is 15.1. The van der Waals surface area contributed by atoms with Gasteiger partial charge < -0.3 is 5.11 Å². The predicted octanol–water partition coefficient (Wildman–Crippen LogP) is 4.76. The minimum atomic E-state index is -4.65. The zero-order chi connectivity index (χ0) is 28.1. The van der Waals surface area contributed by atoms with E-state index in [0.717, 1.165) is 44.1 Å². The van der Waals surface area contributed by atoms with E-state index in [1.807, 2.05) is 0 Å². The molecule has 4 aliphatic carbocycles. The quantitative estimate of drug-likeness (QED) is 0.261. The summed E-state index contributed by atoms with van der Waals surface area (Å²) in [5, 5.41) is 10.8. The average Bonchev–Trinajstić information content (AvgIpc) is 3.12. The van der Waals surface area contributed by atoms with E-state index in [1.165, 1.54) is 0 Å². The van der Waals surface area contributed by atoms with Crippen LogP contribution in [-0.4, -0.2) is 49.9 Å². The molecular formula is C27H44O9S2. The Labute approximate surface area is 228 Å². The Balaban J connectivity index is 1.56. The van der Waals surface area contributed by atoms with E-state index >= 15 is 0 Å². The van der Waals surface area contributed by atoms with Crippen molar-refractivity contribution < 1.29 is 39.4 Å². The van der Waals surface area contributed by atoms with Crippen LogP contribution in [0.2, 0.25) is 0 Å². The van der Waals surface area contributed by atoms with E-state index < -0.39 is 33.0 Å². The molecule has 0 aromatic heterocycles. The Kier molecular flexibility index (Phi) is 8.62. The molecule has 4 rings (SSSR count). The van der Waals surface area contributed by atoms with Gasteiger partial charge in [0, 0.05) is 5.92 Å². The van der Waals surface area contributed by atoms with Crippen molar-refractivity contribution in [3.63, 3.8) is 0 Å². The summed E-state index contributed by atoms with van der Waals surface area (Å²) in [5.41, 5.74) is 0.820. The molecule has 0 amide bonds. The third-order valence-electron chi connectivity index (χ3n) is 10.3. The van der Waals surface area contributed by atoms with E-state index in [0.29, 0.717) is 30.1 Å². The number of rotatable bonds is 9. The van der Waals surface area contributed by atoms with Crippen LogP contribution in [0.15, 0.2) is 23.8 Å². The maximum atomic E-state index is 11.4. The average molecular weight is 577 g/mol. The lowest BCUT2D eigenvalue weighted by Crippen LogP contribution is -2.53. The molecule has 9 nitrogen and oxygen atoms in total. The molecule has 0 aliphatic heterocycles. The predicted molar refractivity (Wildman–Crippen MR) is 143 cm³/mol. The number of aliphatic hydroxyl groups excluding tert-OH is 1. The Morgan fingerprint density at radius 3 is 2.42 bits per heavy atom. The fourth-order valence-electron chi connectivity index (χ4n) is 8.67. The van der Waals surface area contributed by atoms with Gasteiger partial charge in [-0.1, -0.05) is 51.5 Å². The van der Waals surface area contributed by atoms with Crippen LogP contribution in [0.3, 0.4) is 0 Å². The molecular weight excluding hydrogens is 532 g/mol. The minimum Gasteiger partial charge on any atom is -0.390 e. The van der Waals surface area contributed by atoms with Crippen molar-refractivity contribution in [3.8, 4) is 0 Å². The first-order valence-corrected chi connectivity index (χ1v) is 16.6. The SMILES string of the molecule is CC(C)C/C=C/[C@@H](COS(=O)(=O)O)[C@H]1CC[C@H]2[C@@H]3CC=C4C[C@H](OS(=O)(=O)O)[C@@H](O)C[C@]4(C)[C@H]3CC[C@]12C. The smallest absolute Gasteiger partial charge is 0.390 e. The highest BCUT2D eigenvalue weighted by atomic mass is 32.3. The van der Waals surface area contributed by atoms with Gasteiger partial charge in [-0.3, -0.25) is 9.11 Å². The van der Waals surface area contributed by atoms with Crippen LogP contribution in [-0.2, 0) is 29.2 Å². The number of hydrogen-bond acceptors (Lipinski definition) is 7. The highest BCUT2D eigenvalue weighted by Gasteiger charge is 2.60. The van der Waals surface area contributed by atoms with Gasteiger partial charge in [-0.25, -0.2) is 8.37 Å². The molecule has 0 radical (unpaired) electrons. The second kappa shape index (κ2) is 10.9. The van der Waals surface area contributed by atoms with Gasteiger partial charge in [0.1, 0.15) is 6.10 Å². The first-order valence-electron chi connectivity index (χ1n) is 13.9. The summed E-state index contributed by atoms with van der Waals surface area (Å²) in [6.45, 7) is 8.70. The lowest BCUT2D eigenvalue weighted by Gasteiger charge is -2.59. The summed E-state index contributed by atoms with van der Waals surface area (Å²) in [4.78, 5) is 0. The summed E-state index contributed by atoms with van der Waals surface area (Å²) >= 11 is 0. The van der Waals surface area contributed by atoms with E-state index in [4.69, 9.17) is 12.9 Å². The normalized spacial score (nSPS) is 40.5. The molecule has 38 heavy (non-hydrogen) atoms. The molecule has 0 heterocycles. The van der Waals surface area contributed by atoms with Gasteiger partial charge in [0.05, 0.1) is 12.7 Å². The molecule has 0 unspecified atom stereocenters.